The van der Waals surface area contributed by atoms with Gasteiger partial charge in [-0.25, -0.2) is 0 Å². The fraction of sp³-hybridized carbons (Fsp3) is 0.375. The van der Waals surface area contributed by atoms with Crippen LogP contribution in [0.3, 0.4) is 0 Å². The largest absolute Gasteiger partial charge is 0.494 e. The molecule has 0 atom stereocenters. The third-order valence-electron chi connectivity index (χ3n) is 5.90. The number of fused-ring (bicyclic) bond motifs is 1. The molecule has 3 aromatic rings. The molecular weight excluding hydrogens is 378 g/mol. The second-order valence-corrected chi connectivity index (χ2v) is 7.91. The minimum absolute atomic E-state index is 0.0423. The number of benzene rings is 2. The lowest BCUT2D eigenvalue weighted by Gasteiger charge is -2.30. The molecule has 30 heavy (non-hydrogen) atoms. The number of likely N-dealkylation sites (tertiary alicyclic amines) is 1. The van der Waals surface area contributed by atoms with Crippen LogP contribution in [-0.2, 0) is 0 Å². The van der Waals surface area contributed by atoms with Crippen molar-refractivity contribution in [2.45, 2.75) is 19.8 Å². The third kappa shape index (κ3) is 3.94. The highest BCUT2D eigenvalue weighted by atomic mass is 16.5. The Bertz CT molecular complexity index is 1080. The van der Waals surface area contributed by atoms with E-state index in [0.29, 0.717) is 29.1 Å². The first kappa shape index (κ1) is 20.1. The summed E-state index contributed by atoms with van der Waals surface area (Å²) in [5, 5.41) is 21.5. The maximum Gasteiger partial charge on any atom is 0.205 e. The molecule has 0 bridgehead atoms. The number of aromatic hydroxyl groups is 1. The predicted molar refractivity (Wildman–Crippen MR) is 117 cm³/mol. The number of ether oxygens (including phenoxy) is 2. The van der Waals surface area contributed by atoms with E-state index in [4.69, 9.17) is 9.47 Å². The standard InChI is InChI=1S/C24H27N3O3/c1-17-8-10-26(11-9-17)12-13-30-22-14-20(6-7-21(22)29-2)27-16-19-5-3-4-18(15-25)23(19)24(27)28/h3-7,14,16-17,28H,8-13H2,1-2H3. The van der Waals surface area contributed by atoms with Gasteiger partial charge in [0, 0.05) is 24.2 Å². The maximum absolute atomic E-state index is 10.8. The monoisotopic (exact) mass is 405 g/mol. The number of rotatable bonds is 6. The van der Waals surface area contributed by atoms with Gasteiger partial charge in [-0.15, -0.1) is 0 Å². The minimum atomic E-state index is 0.0423. The number of aromatic nitrogens is 1. The van der Waals surface area contributed by atoms with Gasteiger partial charge in [0.15, 0.2) is 11.5 Å². The fourth-order valence-electron chi connectivity index (χ4n) is 4.04. The van der Waals surface area contributed by atoms with Crippen LogP contribution >= 0.6 is 0 Å². The van der Waals surface area contributed by atoms with Crippen molar-refractivity contribution in [2.24, 2.45) is 5.92 Å². The van der Waals surface area contributed by atoms with Crippen molar-refractivity contribution >= 4 is 10.8 Å². The lowest BCUT2D eigenvalue weighted by Crippen LogP contribution is -2.35. The zero-order valence-electron chi connectivity index (χ0n) is 17.5. The van der Waals surface area contributed by atoms with E-state index in [-0.39, 0.29) is 5.88 Å². The van der Waals surface area contributed by atoms with Gasteiger partial charge in [0.05, 0.1) is 29.8 Å². The van der Waals surface area contributed by atoms with Crippen molar-refractivity contribution in [2.75, 3.05) is 33.4 Å². The second-order valence-electron chi connectivity index (χ2n) is 7.91. The first-order chi connectivity index (χ1) is 14.6. The SMILES string of the molecule is COc1ccc(-n2cc3cccc(C#N)c3c2O)cc1OCCN1CCC(C)CC1. The topological polar surface area (TPSA) is 70.7 Å². The average Bonchev–Trinajstić information content (AvgIpc) is 3.12. The predicted octanol–water partition coefficient (Wildman–Crippen LogP) is 4.33. The van der Waals surface area contributed by atoms with Crippen LogP contribution in [0.4, 0.5) is 0 Å². The minimum Gasteiger partial charge on any atom is -0.494 e. The molecule has 6 heteroatoms. The molecule has 1 aromatic heterocycles. The molecule has 6 nitrogen and oxygen atoms in total. The smallest absolute Gasteiger partial charge is 0.205 e. The summed E-state index contributed by atoms with van der Waals surface area (Å²) in [5.74, 6) is 2.14. The van der Waals surface area contributed by atoms with Crippen molar-refractivity contribution in [1.29, 1.82) is 5.26 Å². The van der Waals surface area contributed by atoms with Gasteiger partial charge in [0.1, 0.15) is 6.61 Å². The number of nitriles is 1. The molecule has 1 N–H and O–H groups in total. The number of methoxy groups -OCH3 is 1. The third-order valence-corrected chi connectivity index (χ3v) is 5.90. The van der Waals surface area contributed by atoms with Gasteiger partial charge in [-0.1, -0.05) is 19.1 Å². The summed E-state index contributed by atoms with van der Waals surface area (Å²) in [6.45, 7) is 6.00. The summed E-state index contributed by atoms with van der Waals surface area (Å²) < 4.78 is 13.2. The van der Waals surface area contributed by atoms with Crippen LogP contribution in [0, 0.1) is 17.2 Å². The Labute approximate surface area is 176 Å². The van der Waals surface area contributed by atoms with E-state index in [2.05, 4.69) is 17.9 Å². The van der Waals surface area contributed by atoms with E-state index in [1.807, 2.05) is 36.5 Å². The number of piperidine rings is 1. The molecule has 1 aliphatic heterocycles. The molecule has 156 valence electrons. The molecule has 2 aromatic carbocycles. The van der Waals surface area contributed by atoms with Crippen LogP contribution in [-0.4, -0.2) is 47.9 Å². The van der Waals surface area contributed by atoms with E-state index in [1.54, 1.807) is 17.7 Å². The lowest BCUT2D eigenvalue weighted by molar-refractivity contribution is 0.158. The highest BCUT2D eigenvalue weighted by Gasteiger charge is 2.17. The molecule has 0 amide bonds. The van der Waals surface area contributed by atoms with Crippen LogP contribution < -0.4 is 9.47 Å². The first-order valence-corrected chi connectivity index (χ1v) is 10.4. The molecule has 0 saturated carbocycles. The van der Waals surface area contributed by atoms with Crippen molar-refractivity contribution < 1.29 is 14.6 Å². The van der Waals surface area contributed by atoms with Gasteiger partial charge >= 0.3 is 0 Å². The fourth-order valence-corrected chi connectivity index (χ4v) is 4.04. The summed E-state index contributed by atoms with van der Waals surface area (Å²) in [4.78, 5) is 2.43. The summed E-state index contributed by atoms with van der Waals surface area (Å²) >= 11 is 0. The summed E-state index contributed by atoms with van der Waals surface area (Å²) in [6, 6.07) is 13.1. The molecule has 2 heterocycles. The van der Waals surface area contributed by atoms with Crippen molar-refractivity contribution in [3.63, 3.8) is 0 Å². The molecule has 1 fully saturated rings. The normalized spacial score (nSPS) is 15.2. The van der Waals surface area contributed by atoms with Crippen LogP contribution in [0.25, 0.3) is 16.5 Å². The summed E-state index contributed by atoms with van der Waals surface area (Å²) in [6.07, 6.45) is 4.31. The molecule has 4 rings (SSSR count). The average molecular weight is 405 g/mol. The van der Waals surface area contributed by atoms with Crippen molar-refractivity contribution in [3.8, 4) is 29.1 Å². The van der Waals surface area contributed by atoms with Crippen LogP contribution in [0.1, 0.15) is 25.3 Å². The number of hydrogen-bond donors (Lipinski definition) is 1. The van der Waals surface area contributed by atoms with Crippen molar-refractivity contribution in [3.05, 3.63) is 48.2 Å². The lowest BCUT2D eigenvalue weighted by atomic mass is 9.99. The van der Waals surface area contributed by atoms with Gasteiger partial charge in [0.2, 0.25) is 5.88 Å². The Balaban J connectivity index is 1.56. The van der Waals surface area contributed by atoms with Crippen LogP contribution in [0.15, 0.2) is 42.6 Å². The highest BCUT2D eigenvalue weighted by molar-refractivity contribution is 5.93. The van der Waals surface area contributed by atoms with E-state index < -0.39 is 0 Å². The first-order valence-electron chi connectivity index (χ1n) is 10.4. The Morgan fingerprint density at radius 2 is 1.97 bits per heavy atom. The second kappa shape index (κ2) is 8.68. The Morgan fingerprint density at radius 1 is 1.17 bits per heavy atom. The molecule has 0 aliphatic carbocycles. The van der Waals surface area contributed by atoms with E-state index >= 15 is 0 Å². The summed E-state index contributed by atoms with van der Waals surface area (Å²) in [5.41, 5.74) is 1.19. The number of nitrogens with zero attached hydrogens (tertiary/aromatic N) is 3. The van der Waals surface area contributed by atoms with Crippen molar-refractivity contribution in [1.82, 2.24) is 9.47 Å². The quantitative estimate of drug-likeness (QED) is 0.661. The van der Waals surface area contributed by atoms with Gasteiger partial charge in [-0.2, -0.15) is 5.26 Å². The van der Waals surface area contributed by atoms with Gasteiger partial charge in [-0.3, -0.25) is 9.47 Å². The number of hydrogen-bond acceptors (Lipinski definition) is 5. The van der Waals surface area contributed by atoms with Crippen LogP contribution in [0.5, 0.6) is 17.4 Å². The van der Waals surface area contributed by atoms with E-state index in [0.717, 1.165) is 36.6 Å². The molecular formula is C24H27N3O3. The Kier molecular flexibility index (Phi) is 5.82. The zero-order chi connectivity index (χ0) is 21.1. The zero-order valence-corrected chi connectivity index (χ0v) is 17.5. The molecule has 0 spiro atoms. The van der Waals surface area contributed by atoms with Gasteiger partial charge in [-0.05, 0) is 50.0 Å². The van der Waals surface area contributed by atoms with Crippen LogP contribution in [0.2, 0.25) is 0 Å². The maximum atomic E-state index is 10.8. The van der Waals surface area contributed by atoms with Gasteiger partial charge in [0.25, 0.3) is 0 Å². The molecule has 1 saturated heterocycles. The summed E-state index contributed by atoms with van der Waals surface area (Å²) in [7, 11) is 1.62. The van der Waals surface area contributed by atoms with Gasteiger partial charge < -0.3 is 14.6 Å². The van der Waals surface area contributed by atoms with E-state index in [1.165, 1.54) is 12.8 Å². The highest BCUT2D eigenvalue weighted by Crippen LogP contribution is 2.36. The molecule has 1 aliphatic rings. The Morgan fingerprint density at radius 3 is 2.70 bits per heavy atom. The van der Waals surface area contributed by atoms with E-state index in [9.17, 15) is 10.4 Å². The molecule has 0 radical (unpaired) electrons. The Hall–Kier alpha value is -3.17. The molecule has 0 unspecified atom stereocenters.